The fourth-order valence-electron chi connectivity index (χ4n) is 1.54. The highest BCUT2D eigenvalue weighted by Crippen LogP contribution is 2.33. The second-order valence-electron chi connectivity index (χ2n) is 3.64. The Morgan fingerprint density at radius 3 is 1.79 bits per heavy atom. The first-order chi connectivity index (χ1) is 9.28. The van der Waals surface area contributed by atoms with Crippen molar-refractivity contribution in [3.8, 4) is 18.2 Å². The Balaban J connectivity index is 2.41. The molecule has 0 fully saturated rings. The van der Waals surface area contributed by atoms with Crippen LogP contribution in [-0.2, 0) is 0 Å². The average molecular weight is 261 g/mol. The number of nitrogens with zero attached hydrogens (tertiary/aromatic N) is 3. The third kappa shape index (κ3) is 2.75. The first-order valence-corrected chi connectivity index (χ1v) is 6.21. The third-order valence-electron chi connectivity index (χ3n) is 2.46. The molecule has 0 aromatic heterocycles. The van der Waals surface area contributed by atoms with E-state index in [0.29, 0.717) is 21.6 Å². The van der Waals surface area contributed by atoms with E-state index in [2.05, 4.69) is 12.1 Å². The molecule has 4 heteroatoms. The highest BCUT2D eigenvalue weighted by molar-refractivity contribution is 7.99. The minimum absolute atomic E-state index is 0.480. The quantitative estimate of drug-likeness (QED) is 0.830. The molecule has 0 aliphatic heterocycles. The summed E-state index contributed by atoms with van der Waals surface area (Å²) in [5, 5.41) is 26.9. The number of hydrogen-bond acceptors (Lipinski definition) is 4. The summed E-state index contributed by atoms with van der Waals surface area (Å²) in [5.41, 5.74) is 1.54. The van der Waals surface area contributed by atoms with E-state index in [1.54, 1.807) is 42.5 Å². The van der Waals surface area contributed by atoms with Crippen molar-refractivity contribution in [3.05, 3.63) is 59.2 Å². The molecule has 0 saturated carbocycles. The van der Waals surface area contributed by atoms with E-state index in [0.717, 1.165) is 4.90 Å². The van der Waals surface area contributed by atoms with Crippen LogP contribution in [0.4, 0.5) is 0 Å². The molecule has 0 unspecified atom stereocenters. The fourth-order valence-corrected chi connectivity index (χ4v) is 2.49. The second kappa shape index (κ2) is 5.74. The van der Waals surface area contributed by atoms with E-state index in [-0.39, 0.29) is 0 Å². The standard InChI is InChI=1S/C15H7N3S/c16-8-11-4-6-14(7-5-11)19-15-12(9-17)2-1-3-13(15)10-18/h1-7H. The van der Waals surface area contributed by atoms with Crippen LogP contribution in [0.1, 0.15) is 16.7 Å². The highest BCUT2D eigenvalue weighted by Gasteiger charge is 2.09. The predicted molar refractivity (Wildman–Crippen MR) is 71.2 cm³/mol. The van der Waals surface area contributed by atoms with Gasteiger partial charge in [-0.1, -0.05) is 17.8 Å². The van der Waals surface area contributed by atoms with E-state index in [1.165, 1.54) is 11.8 Å². The molecule has 2 aromatic rings. The normalized spacial score (nSPS) is 9.11. The van der Waals surface area contributed by atoms with Crippen molar-refractivity contribution in [1.82, 2.24) is 0 Å². The van der Waals surface area contributed by atoms with Gasteiger partial charge < -0.3 is 0 Å². The van der Waals surface area contributed by atoms with E-state index in [4.69, 9.17) is 15.8 Å². The van der Waals surface area contributed by atoms with Crippen molar-refractivity contribution < 1.29 is 0 Å². The van der Waals surface area contributed by atoms with Crippen LogP contribution in [0.2, 0.25) is 0 Å². The lowest BCUT2D eigenvalue weighted by Gasteiger charge is -2.05. The summed E-state index contributed by atoms with van der Waals surface area (Å²) >= 11 is 1.35. The summed E-state index contributed by atoms with van der Waals surface area (Å²) in [6, 6.07) is 18.3. The van der Waals surface area contributed by atoms with Gasteiger partial charge in [0.15, 0.2) is 0 Å². The lowest BCUT2D eigenvalue weighted by molar-refractivity contribution is 1.30. The molecule has 0 saturated heterocycles. The molecule has 0 amide bonds. The zero-order chi connectivity index (χ0) is 13.7. The Bertz CT molecular complexity index is 696. The molecule has 0 radical (unpaired) electrons. The monoisotopic (exact) mass is 261 g/mol. The summed E-state index contributed by atoms with van der Waals surface area (Å²) in [5.74, 6) is 0. The highest BCUT2D eigenvalue weighted by atomic mass is 32.2. The van der Waals surface area contributed by atoms with Crippen LogP contribution in [0.15, 0.2) is 52.3 Å². The van der Waals surface area contributed by atoms with Gasteiger partial charge in [0.25, 0.3) is 0 Å². The molecule has 3 nitrogen and oxygen atoms in total. The zero-order valence-corrected chi connectivity index (χ0v) is 10.6. The first-order valence-electron chi connectivity index (χ1n) is 5.39. The van der Waals surface area contributed by atoms with E-state index >= 15 is 0 Å². The van der Waals surface area contributed by atoms with Crippen LogP contribution in [0.5, 0.6) is 0 Å². The Hall–Kier alpha value is -2.74. The number of hydrogen-bond donors (Lipinski definition) is 0. The summed E-state index contributed by atoms with van der Waals surface area (Å²) in [7, 11) is 0. The molecular formula is C15H7N3S. The van der Waals surface area contributed by atoms with Gasteiger partial charge in [-0.25, -0.2) is 0 Å². The third-order valence-corrected chi connectivity index (χ3v) is 3.61. The maximum Gasteiger partial charge on any atom is 0.100 e. The lowest BCUT2D eigenvalue weighted by atomic mass is 10.1. The van der Waals surface area contributed by atoms with Gasteiger partial charge in [-0.15, -0.1) is 0 Å². The van der Waals surface area contributed by atoms with Gasteiger partial charge in [0, 0.05) is 9.79 Å². The van der Waals surface area contributed by atoms with Crippen molar-refractivity contribution in [2.75, 3.05) is 0 Å². The fraction of sp³-hybridized carbons (Fsp3) is 0. The molecule has 0 aliphatic carbocycles. The van der Waals surface area contributed by atoms with Crippen LogP contribution in [0.3, 0.4) is 0 Å². The van der Waals surface area contributed by atoms with Crippen LogP contribution < -0.4 is 0 Å². The molecular weight excluding hydrogens is 254 g/mol. The van der Waals surface area contributed by atoms with Crippen LogP contribution in [0, 0.1) is 34.0 Å². The van der Waals surface area contributed by atoms with Gasteiger partial charge in [0.1, 0.15) is 12.1 Å². The van der Waals surface area contributed by atoms with Crippen LogP contribution >= 0.6 is 11.8 Å². The molecule has 0 spiro atoms. The van der Waals surface area contributed by atoms with E-state index < -0.39 is 0 Å². The molecule has 0 bridgehead atoms. The average Bonchev–Trinajstić information content (AvgIpc) is 2.48. The summed E-state index contributed by atoms with van der Waals surface area (Å²) in [6.07, 6.45) is 0. The zero-order valence-electron chi connectivity index (χ0n) is 9.79. The van der Waals surface area contributed by atoms with Crippen LogP contribution in [0.25, 0.3) is 0 Å². The van der Waals surface area contributed by atoms with E-state index in [1.807, 2.05) is 6.07 Å². The Morgan fingerprint density at radius 1 is 0.737 bits per heavy atom. The minimum Gasteiger partial charge on any atom is -0.192 e. The molecule has 0 N–H and O–H groups in total. The van der Waals surface area contributed by atoms with Crippen LogP contribution in [-0.4, -0.2) is 0 Å². The summed E-state index contributed by atoms with van der Waals surface area (Å²) in [6.45, 7) is 0. The second-order valence-corrected chi connectivity index (χ2v) is 4.73. The molecule has 19 heavy (non-hydrogen) atoms. The minimum atomic E-state index is 0.480. The van der Waals surface area contributed by atoms with Gasteiger partial charge in [0.05, 0.1) is 22.8 Å². The van der Waals surface area contributed by atoms with Crippen molar-refractivity contribution >= 4 is 11.8 Å². The van der Waals surface area contributed by atoms with Crippen molar-refractivity contribution in [2.45, 2.75) is 9.79 Å². The van der Waals surface area contributed by atoms with Gasteiger partial charge in [0.2, 0.25) is 0 Å². The Morgan fingerprint density at radius 2 is 1.32 bits per heavy atom. The topological polar surface area (TPSA) is 71.4 Å². The molecule has 2 aromatic carbocycles. The first kappa shape index (κ1) is 12.7. The smallest absolute Gasteiger partial charge is 0.100 e. The maximum atomic E-state index is 9.08. The van der Waals surface area contributed by atoms with E-state index in [9.17, 15) is 0 Å². The summed E-state index contributed by atoms with van der Waals surface area (Å²) < 4.78 is 0. The SMILES string of the molecule is N#Cc1ccc(Sc2c(C#N)cccc2C#N)cc1. The lowest BCUT2D eigenvalue weighted by Crippen LogP contribution is -1.87. The molecule has 0 aliphatic rings. The van der Waals surface area contributed by atoms with Gasteiger partial charge in [-0.3, -0.25) is 0 Å². The Kier molecular flexibility index (Phi) is 3.84. The number of nitriles is 3. The molecule has 0 heterocycles. The maximum absolute atomic E-state index is 9.08. The number of rotatable bonds is 2. The van der Waals surface area contributed by atoms with Gasteiger partial charge >= 0.3 is 0 Å². The largest absolute Gasteiger partial charge is 0.192 e. The Labute approximate surface area is 115 Å². The molecule has 88 valence electrons. The molecule has 2 rings (SSSR count). The summed E-state index contributed by atoms with van der Waals surface area (Å²) in [4.78, 5) is 1.54. The van der Waals surface area contributed by atoms with Crippen molar-refractivity contribution in [2.24, 2.45) is 0 Å². The predicted octanol–water partition coefficient (Wildman–Crippen LogP) is 3.45. The number of benzene rings is 2. The van der Waals surface area contributed by atoms with Crippen molar-refractivity contribution in [1.29, 1.82) is 15.8 Å². The van der Waals surface area contributed by atoms with Gasteiger partial charge in [-0.2, -0.15) is 15.8 Å². The van der Waals surface area contributed by atoms with Crippen molar-refractivity contribution in [3.63, 3.8) is 0 Å². The van der Waals surface area contributed by atoms with Gasteiger partial charge in [-0.05, 0) is 36.4 Å². The molecule has 0 atom stereocenters.